The van der Waals surface area contributed by atoms with Gasteiger partial charge in [0, 0.05) is 37.9 Å². The monoisotopic (exact) mass is 574 g/mol. The third-order valence-electron chi connectivity index (χ3n) is 8.99. The van der Waals surface area contributed by atoms with Crippen molar-refractivity contribution in [3.8, 4) is 0 Å². The maximum Gasteiger partial charge on any atom is 0.229 e. The molecule has 8 heteroatoms. The first-order chi connectivity index (χ1) is 18.1. The lowest BCUT2D eigenvalue weighted by molar-refractivity contribution is -0.139. The highest BCUT2D eigenvalue weighted by atomic mass is 35.5. The van der Waals surface area contributed by atoms with Gasteiger partial charge in [-0.3, -0.25) is 14.6 Å². The van der Waals surface area contributed by atoms with Gasteiger partial charge in [0.2, 0.25) is 11.8 Å². The highest BCUT2D eigenvalue weighted by Gasteiger charge is 2.47. The van der Waals surface area contributed by atoms with Gasteiger partial charge in [-0.2, -0.15) is 0 Å². The number of halogens is 2. The second-order valence-electron chi connectivity index (χ2n) is 11.4. The molecule has 2 saturated heterocycles. The van der Waals surface area contributed by atoms with Crippen LogP contribution in [0, 0.1) is 11.3 Å². The van der Waals surface area contributed by atoms with E-state index < -0.39 is 0 Å². The topological polar surface area (TPSA) is 65.5 Å². The molecule has 1 aromatic carbocycles. The molecule has 3 aliphatic rings. The second kappa shape index (κ2) is 15.0. The minimum atomic E-state index is -0.189. The summed E-state index contributed by atoms with van der Waals surface area (Å²) in [5, 5.41) is 3.42. The van der Waals surface area contributed by atoms with Crippen molar-refractivity contribution in [3.05, 3.63) is 66.0 Å². The van der Waals surface area contributed by atoms with E-state index in [2.05, 4.69) is 39.5 Å². The van der Waals surface area contributed by atoms with Crippen LogP contribution >= 0.6 is 24.8 Å². The number of carbonyl (C=O) groups excluding carboxylic acids is 2. The number of nitrogens with one attached hydrogen (secondary N) is 1. The number of rotatable bonds is 8. The zero-order chi connectivity index (χ0) is 25.5. The Hall–Kier alpha value is -2.15. The lowest BCUT2D eigenvalue weighted by Gasteiger charge is -2.38. The van der Waals surface area contributed by atoms with Crippen LogP contribution in [-0.4, -0.2) is 52.8 Å². The predicted molar refractivity (Wildman–Crippen MR) is 160 cm³/mol. The van der Waals surface area contributed by atoms with Gasteiger partial charge >= 0.3 is 0 Å². The zero-order valence-corrected chi connectivity index (χ0v) is 24.6. The maximum absolute atomic E-state index is 13.4. The molecule has 39 heavy (non-hydrogen) atoms. The van der Waals surface area contributed by atoms with E-state index in [1.165, 1.54) is 31.2 Å². The van der Waals surface area contributed by atoms with Gasteiger partial charge in [0.25, 0.3) is 0 Å². The van der Waals surface area contributed by atoms with Gasteiger partial charge in [0.1, 0.15) is 0 Å². The molecular weight excluding hydrogens is 531 g/mol. The smallest absolute Gasteiger partial charge is 0.229 e. The van der Waals surface area contributed by atoms with E-state index in [1.54, 1.807) is 6.20 Å². The number of carbonyl (C=O) groups is 2. The molecule has 1 aromatic heterocycles. The van der Waals surface area contributed by atoms with E-state index in [0.717, 1.165) is 70.3 Å². The van der Waals surface area contributed by atoms with Crippen molar-refractivity contribution in [2.45, 2.75) is 76.8 Å². The molecule has 3 fully saturated rings. The Bertz CT molecular complexity index is 1020. The van der Waals surface area contributed by atoms with Crippen LogP contribution in [0.4, 0.5) is 0 Å². The summed E-state index contributed by atoms with van der Waals surface area (Å²) in [5.41, 5.74) is 2.10. The fourth-order valence-electron chi connectivity index (χ4n) is 6.57. The summed E-state index contributed by atoms with van der Waals surface area (Å²) < 4.78 is 0. The quantitative estimate of drug-likeness (QED) is 0.395. The molecule has 1 saturated carbocycles. The number of piperidine rings is 1. The standard InChI is InChI=1S/C31H42N4O2.2ClH/c36-29(27-12-4-1-2-5-13-27)33-28(26-10-6-3-7-11-26)14-19-34-20-15-31(16-21-34)17-22-35(30(31)37)24-25-9-8-18-32-23-25;;/h3,6-11,18,23,27-28H,1-2,4-5,12-17,19-22,24H2,(H,33,36);2*1H. The summed E-state index contributed by atoms with van der Waals surface area (Å²) in [6, 6.07) is 14.5. The fourth-order valence-corrected chi connectivity index (χ4v) is 6.57. The number of pyridine rings is 1. The number of likely N-dealkylation sites (tertiary alicyclic amines) is 2. The van der Waals surface area contributed by atoms with Crippen LogP contribution in [-0.2, 0) is 16.1 Å². The van der Waals surface area contributed by atoms with Gasteiger partial charge in [-0.25, -0.2) is 0 Å². The van der Waals surface area contributed by atoms with Crippen molar-refractivity contribution < 1.29 is 9.59 Å². The number of hydrogen-bond donors (Lipinski definition) is 1. The largest absolute Gasteiger partial charge is 0.349 e. The molecule has 1 spiro atoms. The van der Waals surface area contributed by atoms with Crippen molar-refractivity contribution in [1.29, 1.82) is 0 Å². The van der Waals surface area contributed by atoms with E-state index in [1.807, 2.05) is 29.3 Å². The number of benzene rings is 1. The van der Waals surface area contributed by atoms with Gasteiger partial charge < -0.3 is 15.1 Å². The molecule has 0 bridgehead atoms. The lowest BCUT2D eigenvalue weighted by Crippen LogP contribution is -2.45. The molecule has 6 nitrogen and oxygen atoms in total. The Morgan fingerprint density at radius 3 is 2.31 bits per heavy atom. The Labute approximate surface area is 246 Å². The average Bonchev–Trinajstić information content (AvgIpc) is 3.11. The first kappa shape index (κ1) is 31.4. The highest BCUT2D eigenvalue weighted by molar-refractivity contribution is 5.86. The Morgan fingerprint density at radius 2 is 1.64 bits per heavy atom. The predicted octanol–water partition coefficient (Wildman–Crippen LogP) is 5.96. The molecule has 3 heterocycles. The van der Waals surface area contributed by atoms with Crippen LogP contribution in [0.5, 0.6) is 0 Å². The summed E-state index contributed by atoms with van der Waals surface area (Å²) in [7, 11) is 0. The van der Waals surface area contributed by atoms with Crippen molar-refractivity contribution in [3.63, 3.8) is 0 Å². The van der Waals surface area contributed by atoms with Gasteiger partial charge in [-0.1, -0.05) is 62.1 Å². The summed E-state index contributed by atoms with van der Waals surface area (Å²) in [5.74, 6) is 0.721. The lowest BCUT2D eigenvalue weighted by atomic mass is 9.77. The van der Waals surface area contributed by atoms with Crippen molar-refractivity contribution >= 4 is 36.6 Å². The molecule has 0 radical (unpaired) electrons. The van der Waals surface area contributed by atoms with Gasteiger partial charge in [0.05, 0.1) is 11.5 Å². The van der Waals surface area contributed by atoms with E-state index in [4.69, 9.17) is 0 Å². The molecule has 1 N–H and O–H groups in total. The molecule has 1 unspecified atom stereocenters. The SMILES string of the molecule is Cl.Cl.O=C(NC(CCN1CCC2(CC1)CCN(Cc1cccnc1)C2=O)c1ccccc1)C1CCCCCC1. The summed E-state index contributed by atoms with van der Waals surface area (Å²) in [6.07, 6.45) is 14.2. The van der Waals surface area contributed by atoms with Crippen LogP contribution < -0.4 is 5.32 Å². The number of aromatic nitrogens is 1. The second-order valence-corrected chi connectivity index (χ2v) is 11.4. The van der Waals surface area contributed by atoms with Crippen LogP contribution in [0.3, 0.4) is 0 Å². The maximum atomic E-state index is 13.4. The molecule has 5 rings (SSSR count). The molecule has 2 aromatic rings. The van der Waals surface area contributed by atoms with Crippen molar-refractivity contribution in [1.82, 2.24) is 20.1 Å². The normalized spacial score (nSPS) is 20.5. The van der Waals surface area contributed by atoms with Crippen LogP contribution in [0.1, 0.15) is 81.4 Å². The van der Waals surface area contributed by atoms with Crippen LogP contribution in [0.2, 0.25) is 0 Å². The molecule has 1 aliphatic carbocycles. The van der Waals surface area contributed by atoms with Crippen LogP contribution in [0.15, 0.2) is 54.9 Å². The first-order valence-corrected chi connectivity index (χ1v) is 14.4. The zero-order valence-electron chi connectivity index (χ0n) is 22.9. The van der Waals surface area contributed by atoms with E-state index in [-0.39, 0.29) is 48.1 Å². The third-order valence-corrected chi connectivity index (χ3v) is 8.99. The third kappa shape index (κ3) is 7.96. The van der Waals surface area contributed by atoms with E-state index in [9.17, 15) is 9.59 Å². The molecule has 214 valence electrons. The Morgan fingerprint density at radius 1 is 0.949 bits per heavy atom. The number of amides is 2. The van der Waals surface area contributed by atoms with E-state index in [0.29, 0.717) is 12.5 Å². The summed E-state index contributed by atoms with van der Waals surface area (Å²) >= 11 is 0. The number of nitrogens with zero attached hydrogens (tertiary/aromatic N) is 3. The Kier molecular flexibility index (Phi) is 12.1. The Balaban J connectivity index is 0.00000210. The minimum Gasteiger partial charge on any atom is -0.349 e. The van der Waals surface area contributed by atoms with E-state index >= 15 is 0 Å². The fraction of sp³-hybridized carbons (Fsp3) is 0.581. The van der Waals surface area contributed by atoms with Gasteiger partial charge in [-0.05, 0) is 68.8 Å². The van der Waals surface area contributed by atoms with Crippen molar-refractivity contribution in [2.75, 3.05) is 26.2 Å². The molecule has 1 atom stereocenters. The molecule has 2 aliphatic heterocycles. The first-order valence-electron chi connectivity index (χ1n) is 14.4. The number of hydrogen-bond acceptors (Lipinski definition) is 4. The minimum absolute atomic E-state index is 0. The summed E-state index contributed by atoms with van der Waals surface area (Å²) in [4.78, 5) is 35.3. The van der Waals surface area contributed by atoms with Crippen molar-refractivity contribution in [2.24, 2.45) is 11.3 Å². The average molecular weight is 576 g/mol. The molecule has 2 amide bonds. The van der Waals surface area contributed by atoms with Gasteiger partial charge in [0.15, 0.2) is 0 Å². The highest BCUT2D eigenvalue weighted by Crippen LogP contribution is 2.42. The van der Waals surface area contributed by atoms with Gasteiger partial charge in [-0.15, -0.1) is 24.8 Å². The van der Waals surface area contributed by atoms with Crippen LogP contribution in [0.25, 0.3) is 0 Å². The molecular formula is C31H44Cl2N4O2. The summed E-state index contributed by atoms with van der Waals surface area (Å²) in [6.45, 7) is 4.35.